The zero-order valence-electron chi connectivity index (χ0n) is 15.4. The Kier molecular flexibility index (Phi) is 6.90. The predicted octanol–water partition coefficient (Wildman–Crippen LogP) is 2.68. The van der Waals surface area contributed by atoms with Crippen LogP contribution in [0.25, 0.3) is 10.9 Å². The van der Waals surface area contributed by atoms with Crippen LogP contribution in [0.1, 0.15) is 11.1 Å². The molecular formula is C18H26F3N5. The fraction of sp³-hybridized carbons (Fsp3) is 0.500. The van der Waals surface area contributed by atoms with Crippen molar-refractivity contribution in [1.82, 2.24) is 20.5 Å². The number of aromatic amines is 1. The van der Waals surface area contributed by atoms with Crippen LogP contribution in [-0.4, -0.2) is 62.3 Å². The van der Waals surface area contributed by atoms with Gasteiger partial charge in [0, 0.05) is 43.8 Å². The Hall–Kier alpha value is -2.22. The van der Waals surface area contributed by atoms with E-state index in [1.807, 2.05) is 6.20 Å². The number of nitrogens with one attached hydrogen (secondary N) is 3. The first-order valence-electron chi connectivity index (χ1n) is 8.55. The van der Waals surface area contributed by atoms with E-state index in [-0.39, 0.29) is 6.54 Å². The Balaban J connectivity index is 1.75. The van der Waals surface area contributed by atoms with Crippen LogP contribution in [0.4, 0.5) is 13.2 Å². The third kappa shape index (κ3) is 6.25. The van der Waals surface area contributed by atoms with Gasteiger partial charge in [0.2, 0.25) is 0 Å². The van der Waals surface area contributed by atoms with Crippen LogP contribution >= 0.6 is 0 Å². The summed E-state index contributed by atoms with van der Waals surface area (Å²) in [6.07, 6.45) is -1.35. The maximum atomic E-state index is 12.3. The van der Waals surface area contributed by atoms with Gasteiger partial charge in [-0.3, -0.25) is 9.89 Å². The summed E-state index contributed by atoms with van der Waals surface area (Å²) in [5.74, 6) is 0.584. The van der Waals surface area contributed by atoms with E-state index in [4.69, 9.17) is 0 Å². The lowest BCUT2D eigenvalue weighted by Gasteiger charge is -2.19. The van der Waals surface area contributed by atoms with Crippen LogP contribution in [0.2, 0.25) is 0 Å². The van der Waals surface area contributed by atoms with Gasteiger partial charge in [-0.2, -0.15) is 13.2 Å². The number of nitrogens with zero attached hydrogens (tertiary/aromatic N) is 2. The summed E-state index contributed by atoms with van der Waals surface area (Å²) in [6.45, 7) is 2.49. The van der Waals surface area contributed by atoms with Crippen LogP contribution in [0.15, 0.2) is 29.4 Å². The van der Waals surface area contributed by atoms with Crippen molar-refractivity contribution in [1.29, 1.82) is 0 Å². The number of aromatic nitrogens is 1. The fourth-order valence-corrected chi connectivity index (χ4v) is 2.79. The summed E-state index contributed by atoms with van der Waals surface area (Å²) in [7, 11) is 3.09. The minimum Gasteiger partial charge on any atom is -0.361 e. The molecule has 0 amide bonds. The molecule has 1 heterocycles. The molecular weight excluding hydrogens is 343 g/mol. The third-order valence-electron chi connectivity index (χ3n) is 4.07. The van der Waals surface area contributed by atoms with Gasteiger partial charge in [-0.25, -0.2) is 0 Å². The number of likely N-dealkylation sites (N-methyl/N-ethyl adjacent to an activating group) is 1. The zero-order valence-corrected chi connectivity index (χ0v) is 15.4. The second-order valence-electron chi connectivity index (χ2n) is 6.39. The zero-order chi connectivity index (χ0) is 19.2. The minimum atomic E-state index is -4.17. The second-order valence-corrected chi connectivity index (χ2v) is 6.39. The molecule has 0 spiro atoms. The van der Waals surface area contributed by atoms with Gasteiger partial charge in [0.05, 0.1) is 6.54 Å². The van der Waals surface area contributed by atoms with Crippen molar-refractivity contribution in [2.24, 2.45) is 4.99 Å². The van der Waals surface area contributed by atoms with E-state index in [1.165, 1.54) is 28.5 Å². The monoisotopic (exact) mass is 369 g/mol. The molecule has 0 aliphatic rings. The number of aliphatic imine (C=N–C) groups is 1. The minimum absolute atomic E-state index is 0.280. The summed E-state index contributed by atoms with van der Waals surface area (Å²) < 4.78 is 36.9. The lowest BCUT2D eigenvalue weighted by molar-refractivity contribution is -0.142. The summed E-state index contributed by atoms with van der Waals surface area (Å²) in [6, 6.07) is 6.31. The summed E-state index contributed by atoms with van der Waals surface area (Å²) >= 11 is 0. The number of halogens is 3. The van der Waals surface area contributed by atoms with Crippen molar-refractivity contribution in [2.45, 2.75) is 19.5 Å². The highest BCUT2D eigenvalue weighted by molar-refractivity contribution is 5.84. The standard InChI is InChI=1S/C18H26F3N5/c1-13-4-5-15-14(11-25-16(15)10-13)6-7-23-17(22-2)24-8-9-26(3)12-18(19,20)21/h4-5,10-11,25H,6-9,12H2,1-3H3,(H2,22,23,24). The molecule has 0 saturated heterocycles. The van der Waals surface area contributed by atoms with Gasteiger partial charge in [0.15, 0.2) is 5.96 Å². The molecule has 0 atom stereocenters. The molecule has 0 radical (unpaired) electrons. The van der Waals surface area contributed by atoms with Crippen LogP contribution in [0, 0.1) is 6.92 Å². The van der Waals surface area contributed by atoms with Gasteiger partial charge < -0.3 is 15.6 Å². The summed E-state index contributed by atoms with van der Waals surface area (Å²) in [5.41, 5.74) is 3.55. The van der Waals surface area contributed by atoms with Crippen LogP contribution in [0.3, 0.4) is 0 Å². The highest BCUT2D eigenvalue weighted by atomic mass is 19.4. The molecule has 5 nitrogen and oxygen atoms in total. The maximum absolute atomic E-state index is 12.3. The van der Waals surface area contributed by atoms with Gasteiger partial charge in [-0.15, -0.1) is 0 Å². The van der Waals surface area contributed by atoms with Crippen molar-refractivity contribution >= 4 is 16.9 Å². The molecule has 144 valence electrons. The average molecular weight is 369 g/mol. The second kappa shape index (κ2) is 8.93. The van der Waals surface area contributed by atoms with E-state index >= 15 is 0 Å². The molecule has 2 rings (SSSR count). The summed E-state index contributed by atoms with van der Waals surface area (Å²) in [5, 5.41) is 7.43. The van der Waals surface area contributed by atoms with Gasteiger partial charge >= 0.3 is 6.18 Å². The molecule has 0 bridgehead atoms. The van der Waals surface area contributed by atoms with Crippen molar-refractivity contribution in [3.63, 3.8) is 0 Å². The molecule has 1 aromatic heterocycles. The number of rotatable bonds is 7. The number of aryl methyl sites for hydroxylation is 1. The van der Waals surface area contributed by atoms with Crippen LogP contribution < -0.4 is 10.6 Å². The fourth-order valence-electron chi connectivity index (χ4n) is 2.79. The molecule has 8 heteroatoms. The highest BCUT2D eigenvalue weighted by Crippen LogP contribution is 2.19. The van der Waals surface area contributed by atoms with Gasteiger partial charge in [0.25, 0.3) is 0 Å². The predicted molar refractivity (Wildman–Crippen MR) is 99.7 cm³/mol. The Morgan fingerprint density at radius 3 is 2.65 bits per heavy atom. The lowest BCUT2D eigenvalue weighted by atomic mass is 10.1. The first-order chi connectivity index (χ1) is 12.3. The number of hydrogen-bond acceptors (Lipinski definition) is 2. The molecule has 0 saturated carbocycles. The molecule has 26 heavy (non-hydrogen) atoms. The van der Waals surface area contributed by atoms with Gasteiger partial charge in [-0.05, 0) is 37.6 Å². The smallest absolute Gasteiger partial charge is 0.361 e. The van der Waals surface area contributed by atoms with Crippen molar-refractivity contribution in [3.05, 3.63) is 35.5 Å². The van der Waals surface area contributed by atoms with E-state index < -0.39 is 12.7 Å². The van der Waals surface area contributed by atoms with Gasteiger partial charge in [-0.1, -0.05) is 12.1 Å². The number of hydrogen-bond donors (Lipinski definition) is 3. The van der Waals surface area contributed by atoms with Crippen LogP contribution in [0.5, 0.6) is 0 Å². The Morgan fingerprint density at radius 1 is 1.23 bits per heavy atom. The Labute approximate surface area is 151 Å². The van der Waals surface area contributed by atoms with E-state index in [9.17, 15) is 13.2 Å². The quantitative estimate of drug-likeness (QED) is 0.520. The van der Waals surface area contributed by atoms with E-state index in [2.05, 4.69) is 45.7 Å². The highest BCUT2D eigenvalue weighted by Gasteiger charge is 2.28. The van der Waals surface area contributed by atoms with Crippen LogP contribution in [-0.2, 0) is 6.42 Å². The molecule has 0 aliphatic carbocycles. The maximum Gasteiger partial charge on any atom is 0.401 e. The Bertz CT molecular complexity index is 736. The molecule has 3 N–H and O–H groups in total. The largest absolute Gasteiger partial charge is 0.401 e. The molecule has 0 aliphatic heterocycles. The average Bonchev–Trinajstić information content (AvgIpc) is 2.93. The SMILES string of the molecule is CN=C(NCCc1c[nH]c2cc(C)ccc12)NCCN(C)CC(F)(F)F. The first-order valence-corrected chi connectivity index (χ1v) is 8.55. The van der Waals surface area contributed by atoms with E-state index in [1.54, 1.807) is 7.05 Å². The van der Waals surface area contributed by atoms with E-state index in [0.29, 0.717) is 19.0 Å². The van der Waals surface area contributed by atoms with E-state index in [0.717, 1.165) is 11.9 Å². The molecule has 2 aromatic rings. The normalized spacial score (nSPS) is 12.8. The van der Waals surface area contributed by atoms with Crippen molar-refractivity contribution in [2.75, 3.05) is 40.3 Å². The molecule has 1 aromatic carbocycles. The lowest BCUT2D eigenvalue weighted by Crippen LogP contribution is -2.42. The topological polar surface area (TPSA) is 55.5 Å². The number of H-pyrrole nitrogens is 1. The number of alkyl halides is 3. The first kappa shape index (κ1) is 20.1. The number of guanidine groups is 1. The molecule has 0 unspecified atom stereocenters. The van der Waals surface area contributed by atoms with Crippen molar-refractivity contribution < 1.29 is 13.2 Å². The number of benzene rings is 1. The number of fused-ring (bicyclic) bond motifs is 1. The van der Waals surface area contributed by atoms with Gasteiger partial charge in [0.1, 0.15) is 0 Å². The Morgan fingerprint density at radius 2 is 1.96 bits per heavy atom. The third-order valence-corrected chi connectivity index (χ3v) is 4.07. The summed E-state index contributed by atoms with van der Waals surface area (Å²) in [4.78, 5) is 8.60. The molecule has 0 fully saturated rings. The van der Waals surface area contributed by atoms with Crippen molar-refractivity contribution in [3.8, 4) is 0 Å².